The highest BCUT2D eigenvalue weighted by Gasteiger charge is 2.13. The number of oxime groups is 1. The Balaban J connectivity index is 3.26. The van der Waals surface area contributed by atoms with E-state index in [1.54, 1.807) is 25.3 Å². The number of hydrogen-bond acceptors (Lipinski definition) is 5. The van der Waals surface area contributed by atoms with Crippen LogP contribution in [0.15, 0.2) is 23.4 Å². The molecule has 6 nitrogen and oxygen atoms in total. The number of hydrogen-bond donors (Lipinski definition) is 3. The molecule has 0 bridgehead atoms. The summed E-state index contributed by atoms with van der Waals surface area (Å²) in [5.74, 6) is 0.708. The van der Waals surface area contributed by atoms with Crippen LogP contribution in [0.1, 0.15) is 12.5 Å². The number of ether oxygens (including phenoxy) is 1. The van der Waals surface area contributed by atoms with Crippen LogP contribution in [0.5, 0.6) is 5.75 Å². The largest absolute Gasteiger partial charge is 0.497 e. The summed E-state index contributed by atoms with van der Waals surface area (Å²) in [5, 5.41) is 20.9. The maximum Gasteiger partial charge on any atom is 0.172 e. The van der Waals surface area contributed by atoms with Gasteiger partial charge in [0, 0.05) is 24.7 Å². The van der Waals surface area contributed by atoms with Gasteiger partial charge in [-0.05, 0) is 19.1 Å². The van der Waals surface area contributed by atoms with Crippen LogP contribution in [0.4, 0.5) is 5.69 Å². The predicted octanol–water partition coefficient (Wildman–Crippen LogP) is 0.608. The molecule has 0 aliphatic carbocycles. The second-order valence-corrected chi connectivity index (χ2v) is 3.67. The highest BCUT2D eigenvalue weighted by atomic mass is 16.5. The standard InChI is InChI=1S/C12H19N3O3/c1-3-15(6-7-16)11-8-9(18-2)4-5-10(11)12(13)14-17/h4-5,8,16-17H,3,6-7H2,1-2H3,(H2,13,14). The quantitative estimate of drug-likeness (QED) is 0.299. The molecule has 1 rings (SSSR count). The lowest BCUT2D eigenvalue weighted by atomic mass is 10.1. The second kappa shape index (κ2) is 6.70. The fraction of sp³-hybridized carbons (Fsp3) is 0.417. The van der Waals surface area contributed by atoms with Gasteiger partial charge in [-0.15, -0.1) is 0 Å². The molecule has 18 heavy (non-hydrogen) atoms. The molecule has 0 radical (unpaired) electrons. The molecule has 0 amide bonds. The van der Waals surface area contributed by atoms with E-state index in [1.165, 1.54) is 0 Å². The SMILES string of the molecule is CCN(CCO)c1cc(OC)ccc1/C(N)=N/O. The molecule has 0 spiro atoms. The van der Waals surface area contributed by atoms with Crippen molar-refractivity contribution in [1.82, 2.24) is 0 Å². The van der Waals surface area contributed by atoms with Gasteiger partial charge < -0.3 is 25.7 Å². The van der Waals surface area contributed by atoms with Crippen molar-refractivity contribution in [2.75, 3.05) is 31.7 Å². The Bertz CT molecular complexity index is 421. The molecular formula is C12H19N3O3. The zero-order chi connectivity index (χ0) is 13.5. The van der Waals surface area contributed by atoms with Crippen LogP contribution < -0.4 is 15.4 Å². The number of aliphatic hydroxyl groups excluding tert-OH is 1. The van der Waals surface area contributed by atoms with Gasteiger partial charge in [-0.25, -0.2) is 0 Å². The Morgan fingerprint density at radius 1 is 1.50 bits per heavy atom. The van der Waals surface area contributed by atoms with Gasteiger partial charge in [0.1, 0.15) is 5.75 Å². The molecule has 0 aliphatic heterocycles. The normalized spacial score (nSPS) is 11.4. The first-order chi connectivity index (χ1) is 8.67. The summed E-state index contributed by atoms with van der Waals surface area (Å²) in [7, 11) is 1.57. The van der Waals surface area contributed by atoms with E-state index in [2.05, 4.69) is 5.16 Å². The van der Waals surface area contributed by atoms with E-state index in [9.17, 15) is 0 Å². The van der Waals surface area contributed by atoms with E-state index >= 15 is 0 Å². The molecule has 0 saturated heterocycles. The molecule has 0 aromatic heterocycles. The molecule has 100 valence electrons. The maximum absolute atomic E-state index is 9.06. The summed E-state index contributed by atoms with van der Waals surface area (Å²) in [6.45, 7) is 3.15. The summed E-state index contributed by atoms with van der Waals surface area (Å²) in [6, 6.07) is 5.26. The van der Waals surface area contributed by atoms with Crippen LogP contribution >= 0.6 is 0 Å². The number of nitrogens with two attached hydrogens (primary N) is 1. The van der Waals surface area contributed by atoms with Crippen molar-refractivity contribution in [2.24, 2.45) is 10.9 Å². The first kappa shape index (κ1) is 14.1. The summed E-state index contributed by atoms with van der Waals surface area (Å²) >= 11 is 0. The van der Waals surface area contributed by atoms with E-state index in [0.29, 0.717) is 24.4 Å². The minimum Gasteiger partial charge on any atom is -0.497 e. The Labute approximate surface area is 106 Å². The Hall–Kier alpha value is -1.95. The van der Waals surface area contributed by atoms with Gasteiger partial charge in [0.05, 0.1) is 19.4 Å². The van der Waals surface area contributed by atoms with E-state index in [0.717, 1.165) is 5.69 Å². The first-order valence-electron chi connectivity index (χ1n) is 5.69. The third kappa shape index (κ3) is 3.04. The second-order valence-electron chi connectivity index (χ2n) is 3.67. The molecule has 0 aliphatic rings. The molecule has 0 heterocycles. The van der Waals surface area contributed by atoms with Crippen LogP contribution in [-0.2, 0) is 0 Å². The number of anilines is 1. The van der Waals surface area contributed by atoms with Crippen molar-refractivity contribution in [3.05, 3.63) is 23.8 Å². The number of aliphatic hydroxyl groups is 1. The Morgan fingerprint density at radius 3 is 2.72 bits per heavy atom. The topological polar surface area (TPSA) is 91.3 Å². The van der Waals surface area contributed by atoms with Gasteiger partial charge in [-0.3, -0.25) is 0 Å². The first-order valence-corrected chi connectivity index (χ1v) is 5.69. The third-order valence-corrected chi connectivity index (χ3v) is 2.68. The summed E-state index contributed by atoms with van der Waals surface area (Å²) in [5.41, 5.74) is 7.02. The third-order valence-electron chi connectivity index (χ3n) is 2.68. The minimum absolute atomic E-state index is 0.0284. The van der Waals surface area contributed by atoms with Crippen LogP contribution in [-0.4, -0.2) is 43.0 Å². The number of likely N-dealkylation sites (N-methyl/N-ethyl adjacent to an activating group) is 1. The van der Waals surface area contributed by atoms with E-state index in [1.807, 2.05) is 11.8 Å². The maximum atomic E-state index is 9.06. The van der Waals surface area contributed by atoms with Gasteiger partial charge in [-0.2, -0.15) is 0 Å². The van der Waals surface area contributed by atoms with Crippen LogP contribution in [0.25, 0.3) is 0 Å². The molecule has 0 unspecified atom stereocenters. The molecule has 1 aromatic carbocycles. The summed E-state index contributed by atoms with van der Waals surface area (Å²) in [6.07, 6.45) is 0. The molecular weight excluding hydrogens is 234 g/mol. The summed E-state index contributed by atoms with van der Waals surface area (Å²) in [4.78, 5) is 1.93. The van der Waals surface area contributed by atoms with E-state index in [4.69, 9.17) is 20.8 Å². The molecule has 0 atom stereocenters. The summed E-state index contributed by atoms with van der Waals surface area (Å²) < 4.78 is 5.16. The zero-order valence-electron chi connectivity index (χ0n) is 10.6. The monoisotopic (exact) mass is 253 g/mol. The highest BCUT2D eigenvalue weighted by Crippen LogP contribution is 2.26. The Morgan fingerprint density at radius 2 is 2.22 bits per heavy atom. The fourth-order valence-corrected chi connectivity index (χ4v) is 1.74. The van der Waals surface area contributed by atoms with Crippen molar-refractivity contribution in [3.63, 3.8) is 0 Å². The Kier molecular flexibility index (Phi) is 5.26. The number of amidine groups is 1. The number of methoxy groups -OCH3 is 1. The average molecular weight is 253 g/mol. The molecule has 0 fully saturated rings. The molecule has 0 saturated carbocycles. The average Bonchev–Trinajstić information content (AvgIpc) is 2.43. The lowest BCUT2D eigenvalue weighted by Gasteiger charge is -2.25. The predicted molar refractivity (Wildman–Crippen MR) is 70.5 cm³/mol. The van der Waals surface area contributed by atoms with E-state index in [-0.39, 0.29) is 12.4 Å². The molecule has 6 heteroatoms. The van der Waals surface area contributed by atoms with Gasteiger partial charge in [-0.1, -0.05) is 5.16 Å². The lowest BCUT2D eigenvalue weighted by Crippen LogP contribution is -2.29. The van der Waals surface area contributed by atoms with Gasteiger partial charge >= 0.3 is 0 Å². The van der Waals surface area contributed by atoms with Gasteiger partial charge in [0.15, 0.2) is 5.84 Å². The fourth-order valence-electron chi connectivity index (χ4n) is 1.74. The van der Waals surface area contributed by atoms with Crippen molar-refractivity contribution < 1.29 is 15.1 Å². The minimum atomic E-state index is 0.0284. The van der Waals surface area contributed by atoms with E-state index < -0.39 is 0 Å². The number of rotatable bonds is 6. The van der Waals surface area contributed by atoms with Crippen LogP contribution in [0.3, 0.4) is 0 Å². The highest BCUT2D eigenvalue weighted by molar-refractivity contribution is 6.02. The van der Waals surface area contributed by atoms with Gasteiger partial charge in [0.25, 0.3) is 0 Å². The zero-order valence-corrected chi connectivity index (χ0v) is 10.6. The van der Waals surface area contributed by atoms with Crippen molar-refractivity contribution in [3.8, 4) is 5.75 Å². The van der Waals surface area contributed by atoms with Crippen molar-refractivity contribution in [2.45, 2.75) is 6.92 Å². The number of benzene rings is 1. The molecule has 4 N–H and O–H groups in total. The van der Waals surface area contributed by atoms with Crippen LogP contribution in [0, 0.1) is 0 Å². The van der Waals surface area contributed by atoms with Crippen molar-refractivity contribution >= 4 is 11.5 Å². The van der Waals surface area contributed by atoms with Crippen molar-refractivity contribution in [1.29, 1.82) is 0 Å². The van der Waals surface area contributed by atoms with Crippen LogP contribution in [0.2, 0.25) is 0 Å². The smallest absolute Gasteiger partial charge is 0.172 e. The lowest BCUT2D eigenvalue weighted by molar-refractivity contribution is 0.302. The number of nitrogens with zero attached hydrogens (tertiary/aromatic N) is 2. The molecule has 1 aromatic rings. The van der Waals surface area contributed by atoms with Gasteiger partial charge in [0.2, 0.25) is 0 Å².